The third-order valence-corrected chi connectivity index (χ3v) is 4.09. The van der Waals surface area contributed by atoms with Crippen LogP contribution in [-0.2, 0) is 11.2 Å². The number of hydrogen-bond acceptors (Lipinski definition) is 2. The Morgan fingerprint density at radius 1 is 1.14 bits per heavy atom. The number of carboxylic acid groups (broad SMARTS) is 1. The van der Waals surface area contributed by atoms with Crippen LogP contribution in [0.4, 0.5) is 11.4 Å². The van der Waals surface area contributed by atoms with Crippen molar-refractivity contribution in [2.24, 2.45) is 0 Å². The molecule has 22 heavy (non-hydrogen) atoms. The van der Waals surface area contributed by atoms with E-state index in [1.165, 1.54) is 0 Å². The van der Waals surface area contributed by atoms with E-state index in [9.17, 15) is 4.79 Å². The fraction of sp³-hybridized carbons (Fsp3) is 0.188. The Labute approximate surface area is 169 Å². The van der Waals surface area contributed by atoms with Crippen molar-refractivity contribution >= 4 is 78.3 Å². The first-order chi connectivity index (χ1) is 9.88. The molecule has 0 spiro atoms. The number of hydrogen-bond donors (Lipinski definition) is 2. The minimum absolute atomic E-state index is 0. The predicted molar refractivity (Wildman–Crippen MR) is 92.8 cm³/mol. The van der Waals surface area contributed by atoms with Crippen LogP contribution in [0, 0.1) is 13.8 Å². The van der Waals surface area contributed by atoms with E-state index in [0.717, 1.165) is 16.8 Å². The summed E-state index contributed by atoms with van der Waals surface area (Å²) in [5.74, 6) is -0.873. The summed E-state index contributed by atoms with van der Waals surface area (Å²) in [6.07, 6.45) is -0.0474. The second kappa shape index (κ2) is 8.42. The fourth-order valence-corrected chi connectivity index (χ4v) is 2.47. The number of benzene rings is 2. The molecular formula is C16H15CaCl2NO2+2. The van der Waals surface area contributed by atoms with Crippen LogP contribution in [-0.4, -0.2) is 48.8 Å². The molecule has 0 heterocycles. The zero-order valence-corrected chi connectivity index (χ0v) is 16.1. The molecule has 0 aliphatic carbocycles. The van der Waals surface area contributed by atoms with E-state index in [4.69, 9.17) is 28.3 Å². The first kappa shape index (κ1) is 19.6. The summed E-state index contributed by atoms with van der Waals surface area (Å²) in [5, 5.41) is 13.3. The minimum Gasteiger partial charge on any atom is -0.481 e. The fourth-order valence-electron chi connectivity index (χ4n) is 2.06. The van der Waals surface area contributed by atoms with Crippen LogP contribution in [0.1, 0.15) is 16.7 Å². The maximum atomic E-state index is 11.0. The van der Waals surface area contributed by atoms with Gasteiger partial charge in [-0.3, -0.25) is 4.79 Å². The molecule has 3 nitrogen and oxygen atoms in total. The normalized spacial score (nSPS) is 10.0. The molecular weight excluding hydrogens is 349 g/mol. The Bertz CT molecular complexity index is 705. The Kier molecular flexibility index (Phi) is 7.50. The topological polar surface area (TPSA) is 49.3 Å². The minimum atomic E-state index is -0.873. The van der Waals surface area contributed by atoms with Crippen molar-refractivity contribution in [1.82, 2.24) is 0 Å². The van der Waals surface area contributed by atoms with Gasteiger partial charge in [-0.05, 0) is 43.2 Å². The zero-order chi connectivity index (χ0) is 15.6. The van der Waals surface area contributed by atoms with Gasteiger partial charge in [0.2, 0.25) is 0 Å². The molecule has 110 valence electrons. The molecule has 2 aromatic rings. The Hall–Kier alpha value is -0.450. The van der Waals surface area contributed by atoms with Gasteiger partial charge < -0.3 is 10.4 Å². The molecule has 0 unspecified atom stereocenters. The number of aryl methyl sites for hydroxylation is 1. The second-order valence-corrected chi connectivity index (χ2v) is 5.68. The standard InChI is InChI=1S/C16H15Cl2NO2.Ca/c1-9-3-5-13(11(7-9)8-15(20)21)19-14-6-4-12(17)10(2)16(14)18;/h3-7,19H,8H2,1-2H3,(H,20,21);/q;+2. The van der Waals surface area contributed by atoms with E-state index in [2.05, 4.69) is 5.32 Å². The van der Waals surface area contributed by atoms with Crippen LogP contribution in [0.5, 0.6) is 0 Å². The molecule has 0 amide bonds. The van der Waals surface area contributed by atoms with Crippen LogP contribution in [0.15, 0.2) is 30.3 Å². The summed E-state index contributed by atoms with van der Waals surface area (Å²) < 4.78 is 0. The van der Waals surface area contributed by atoms with E-state index in [0.29, 0.717) is 21.3 Å². The van der Waals surface area contributed by atoms with E-state index < -0.39 is 5.97 Å². The molecule has 0 fully saturated rings. The molecule has 0 aromatic heterocycles. The number of aliphatic carboxylic acids is 1. The zero-order valence-electron chi connectivity index (χ0n) is 12.4. The van der Waals surface area contributed by atoms with Gasteiger partial charge >= 0.3 is 43.7 Å². The van der Waals surface area contributed by atoms with Crippen molar-refractivity contribution in [3.8, 4) is 0 Å². The van der Waals surface area contributed by atoms with Crippen LogP contribution in [0.2, 0.25) is 10.0 Å². The molecule has 0 bridgehead atoms. The van der Waals surface area contributed by atoms with Crippen molar-refractivity contribution < 1.29 is 9.90 Å². The summed E-state index contributed by atoms with van der Waals surface area (Å²) in [4.78, 5) is 11.0. The molecule has 0 saturated carbocycles. The number of carboxylic acids is 1. The molecule has 0 atom stereocenters. The van der Waals surface area contributed by atoms with Crippen molar-refractivity contribution in [3.05, 3.63) is 57.1 Å². The largest absolute Gasteiger partial charge is 2.00 e. The van der Waals surface area contributed by atoms with Gasteiger partial charge in [-0.1, -0.05) is 40.9 Å². The Morgan fingerprint density at radius 2 is 1.77 bits per heavy atom. The van der Waals surface area contributed by atoms with Crippen molar-refractivity contribution in [2.45, 2.75) is 20.3 Å². The summed E-state index contributed by atoms with van der Waals surface area (Å²) in [6.45, 7) is 3.76. The van der Waals surface area contributed by atoms with Gasteiger partial charge in [0.05, 0.1) is 17.1 Å². The van der Waals surface area contributed by atoms with Gasteiger partial charge in [0.15, 0.2) is 0 Å². The van der Waals surface area contributed by atoms with E-state index in [-0.39, 0.29) is 44.2 Å². The predicted octanol–water partition coefficient (Wildman–Crippen LogP) is 4.60. The number of carbonyl (C=O) groups is 1. The summed E-state index contributed by atoms with van der Waals surface area (Å²) >= 11 is 12.3. The second-order valence-electron chi connectivity index (χ2n) is 4.89. The Morgan fingerprint density at radius 3 is 2.41 bits per heavy atom. The van der Waals surface area contributed by atoms with Crippen LogP contribution < -0.4 is 5.32 Å². The maximum absolute atomic E-state index is 11.0. The molecule has 2 rings (SSSR count). The van der Waals surface area contributed by atoms with Gasteiger partial charge in [0, 0.05) is 10.7 Å². The average molecular weight is 364 g/mol. The monoisotopic (exact) mass is 363 g/mol. The molecule has 0 radical (unpaired) electrons. The van der Waals surface area contributed by atoms with Gasteiger partial charge in [-0.25, -0.2) is 0 Å². The molecule has 2 aromatic carbocycles. The van der Waals surface area contributed by atoms with Crippen LogP contribution in [0.3, 0.4) is 0 Å². The SMILES string of the molecule is Cc1ccc(Nc2ccc(Cl)c(C)c2Cl)c(CC(=O)O)c1.[Ca+2]. The number of nitrogens with one attached hydrogen (secondary N) is 1. The molecule has 0 aliphatic heterocycles. The third kappa shape index (κ3) is 4.77. The van der Waals surface area contributed by atoms with Crippen molar-refractivity contribution in [2.75, 3.05) is 5.32 Å². The first-order valence-corrected chi connectivity index (χ1v) is 7.17. The molecule has 0 aliphatic rings. The molecule has 6 heteroatoms. The third-order valence-electron chi connectivity index (χ3n) is 3.19. The van der Waals surface area contributed by atoms with E-state index >= 15 is 0 Å². The van der Waals surface area contributed by atoms with Crippen molar-refractivity contribution in [3.63, 3.8) is 0 Å². The van der Waals surface area contributed by atoms with Gasteiger partial charge in [-0.2, -0.15) is 0 Å². The van der Waals surface area contributed by atoms with Gasteiger partial charge in [-0.15, -0.1) is 0 Å². The smallest absolute Gasteiger partial charge is 0.481 e. The summed E-state index contributed by atoms with van der Waals surface area (Å²) in [6, 6.07) is 9.17. The van der Waals surface area contributed by atoms with Crippen molar-refractivity contribution in [1.29, 1.82) is 0 Å². The number of anilines is 2. The molecule has 0 saturated heterocycles. The maximum Gasteiger partial charge on any atom is 2.00 e. The van der Waals surface area contributed by atoms with Crippen LogP contribution in [0.25, 0.3) is 0 Å². The van der Waals surface area contributed by atoms with Gasteiger partial charge in [0.1, 0.15) is 0 Å². The molecule has 2 N–H and O–H groups in total. The number of halogens is 2. The average Bonchev–Trinajstić information content (AvgIpc) is 2.41. The van der Waals surface area contributed by atoms with Gasteiger partial charge in [0.25, 0.3) is 0 Å². The van der Waals surface area contributed by atoms with E-state index in [1.807, 2.05) is 32.0 Å². The summed E-state index contributed by atoms with van der Waals surface area (Å²) in [7, 11) is 0. The Balaban J connectivity index is 0.00000242. The van der Waals surface area contributed by atoms with Crippen LogP contribution >= 0.6 is 23.2 Å². The summed E-state index contributed by atoms with van der Waals surface area (Å²) in [5.41, 5.74) is 3.94. The number of rotatable bonds is 4. The quantitative estimate of drug-likeness (QED) is 0.780. The van der Waals surface area contributed by atoms with E-state index in [1.54, 1.807) is 12.1 Å². The first-order valence-electron chi connectivity index (χ1n) is 6.41.